The average Bonchev–Trinajstić information content (AvgIpc) is 2.44. The van der Waals surface area contributed by atoms with E-state index in [1.807, 2.05) is 0 Å². The number of nitrogens with zero attached hydrogens (tertiary/aromatic N) is 1. The molecule has 0 aliphatic rings. The Morgan fingerprint density at radius 3 is 2.74 bits per heavy atom. The number of hydrogen-bond acceptors (Lipinski definition) is 4. The van der Waals surface area contributed by atoms with Crippen molar-refractivity contribution in [1.29, 1.82) is 0 Å². The summed E-state index contributed by atoms with van der Waals surface area (Å²) < 4.78 is 5.06. The number of likely N-dealkylation sites (N-methyl/N-ethyl adjacent to an activating group) is 1. The van der Waals surface area contributed by atoms with Crippen molar-refractivity contribution in [2.45, 2.75) is 6.92 Å². The van der Waals surface area contributed by atoms with E-state index < -0.39 is 0 Å². The van der Waals surface area contributed by atoms with Crippen LogP contribution in [0.3, 0.4) is 0 Å². The van der Waals surface area contributed by atoms with E-state index in [1.54, 1.807) is 38.3 Å². The zero-order chi connectivity index (χ0) is 14.3. The number of anilines is 1. The number of nitrogens with one attached hydrogen (secondary N) is 1. The monoisotopic (exact) mass is 265 g/mol. The van der Waals surface area contributed by atoms with E-state index in [0.717, 1.165) is 0 Å². The molecule has 104 valence electrons. The van der Waals surface area contributed by atoms with Gasteiger partial charge in [-0.25, -0.2) is 0 Å². The Balaban J connectivity index is 2.61. The van der Waals surface area contributed by atoms with Crippen LogP contribution in [-0.4, -0.2) is 43.5 Å². The number of nitrogens with two attached hydrogens (primary N) is 1. The molecule has 0 radical (unpaired) electrons. The third-order valence-electron chi connectivity index (χ3n) is 2.60. The average molecular weight is 265 g/mol. The molecule has 6 heteroatoms. The first-order chi connectivity index (χ1) is 9.10. The Hall–Kier alpha value is -2.08. The lowest BCUT2D eigenvalue weighted by atomic mass is 10.3. The predicted octanol–water partition coefficient (Wildman–Crippen LogP) is 0.441. The molecule has 1 rings (SSSR count). The van der Waals surface area contributed by atoms with Crippen LogP contribution in [0.1, 0.15) is 6.92 Å². The van der Waals surface area contributed by atoms with Crippen LogP contribution in [0.2, 0.25) is 0 Å². The maximum Gasteiger partial charge on any atom is 0.243 e. The fourth-order valence-electron chi connectivity index (χ4n) is 1.58. The van der Waals surface area contributed by atoms with Crippen LogP contribution in [0, 0.1) is 0 Å². The van der Waals surface area contributed by atoms with Gasteiger partial charge in [0, 0.05) is 18.3 Å². The second kappa shape index (κ2) is 7.38. The van der Waals surface area contributed by atoms with Gasteiger partial charge in [-0.3, -0.25) is 9.59 Å². The van der Waals surface area contributed by atoms with E-state index in [1.165, 1.54) is 4.90 Å². The van der Waals surface area contributed by atoms with E-state index in [4.69, 9.17) is 10.5 Å². The fraction of sp³-hybridized carbons (Fsp3) is 0.385. The molecule has 0 spiro atoms. The maximum atomic E-state index is 11.8. The van der Waals surface area contributed by atoms with Crippen LogP contribution < -0.4 is 15.8 Å². The van der Waals surface area contributed by atoms with Crippen molar-refractivity contribution < 1.29 is 14.3 Å². The Morgan fingerprint density at radius 2 is 2.16 bits per heavy atom. The standard InChI is InChI=1S/C13H19N3O3/c1-3-16(13(18)8-14)9-12(17)15-10-5-4-6-11(7-10)19-2/h4-7H,3,8-9,14H2,1-2H3,(H,15,17). The molecule has 0 atom stereocenters. The lowest BCUT2D eigenvalue weighted by Gasteiger charge is -2.19. The number of hydrogen-bond donors (Lipinski definition) is 2. The number of amides is 2. The Morgan fingerprint density at radius 1 is 1.42 bits per heavy atom. The van der Waals surface area contributed by atoms with Crippen molar-refractivity contribution >= 4 is 17.5 Å². The maximum absolute atomic E-state index is 11.8. The summed E-state index contributed by atoms with van der Waals surface area (Å²) in [4.78, 5) is 24.6. The van der Waals surface area contributed by atoms with Gasteiger partial charge in [-0.2, -0.15) is 0 Å². The number of benzene rings is 1. The molecule has 0 unspecified atom stereocenters. The van der Waals surface area contributed by atoms with Gasteiger partial charge in [-0.05, 0) is 19.1 Å². The second-order valence-corrected chi connectivity index (χ2v) is 3.89. The predicted molar refractivity (Wildman–Crippen MR) is 72.9 cm³/mol. The highest BCUT2D eigenvalue weighted by atomic mass is 16.5. The van der Waals surface area contributed by atoms with Crippen LogP contribution in [-0.2, 0) is 9.59 Å². The van der Waals surface area contributed by atoms with Crippen LogP contribution >= 0.6 is 0 Å². The van der Waals surface area contributed by atoms with Crippen molar-refractivity contribution in [2.75, 3.05) is 32.1 Å². The van der Waals surface area contributed by atoms with Gasteiger partial charge in [0.25, 0.3) is 0 Å². The largest absolute Gasteiger partial charge is 0.497 e. The minimum absolute atomic E-state index is 0.0102. The molecular formula is C13H19N3O3. The molecular weight excluding hydrogens is 246 g/mol. The number of ether oxygens (including phenoxy) is 1. The molecule has 1 aromatic carbocycles. The zero-order valence-corrected chi connectivity index (χ0v) is 11.2. The number of carbonyl (C=O) groups excluding carboxylic acids is 2. The summed E-state index contributed by atoms with van der Waals surface area (Å²) in [6, 6.07) is 7.02. The molecule has 3 N–H and O–H groups in total. The molecule has 2 amide bonds. The van der Waals surface area contributed by atoms with Crippen LogP contribution in [0.5, 0.6) is 5.75 Å². The summed E-state index contributed by atoms with van der Waals surface area (Å²) >= 11 is 0. The van der Waals surface area contributed by atoms with Gasteiger partial charge in [-0.1, -0.05) is 6.07 Å². The van der Waals surface area contributed by atoms with Gasteiger partial charge >= 0.3 is 0 Å². The van der Waals surface area contributed by atoms with Gasteiger partial charge < -0.3 is 20.7 Å². The number of carbonyl (C=O) groups is 2. The number of rotatable bonds is 6. The molecule has 0 fully saturated rings. The van der Waals surface area contributed by atoms with Gasteiger partial charge in [0.05, 0.1) is 20.2 Å². The van der Waals surface area contributed by atoms with Crippen molar-refractivity contribution in [3.05, 3.63) is 24.3 Å². The first-order valence-electron chi connectivity index (χ1n) is 6.02. The molecule has 0 aromatic heterocycles. The van der Waals surface area contributed by atoms with Crippen molar-refractivity contribution in [2.24, 2.45) is 5.73 Å². The van der Waals surface area contributed by atoms with Gasteiger partial charge in [-0.15, -0.1) is 0 Å². The molecule has 6 nitrogen and oxygen atoms in total. The molecule has 0 bridgehead atoms. The summed E-state index contributed by atoms with van der Waals surface area (Å²) in [5, 5.41) is 2.71. The SMILES string of the molecule is CCN(CC(=O)Nc1cccc(OC)c1)C(=O)CN. The summed E-state index contributed by atoms with van der Waals surface area (Å²) in [6.07, 6.45) is 0. The summed E-state index contributed by atoms with van der Waals surface area (Å²) in [5.41, 5.74) is 5.90. The third kappa shape index (κ3) is 4.59. The van der Waals surface area contributed by atoms with Crippen molar-refractivity contribution in [1.82, 2.24) is 4.90 Å². The molecule has 0 aliphatic heterocycles. The molecule has 0 saturated heterocycles. The van der Waals surface area contributed by atoms with Crippen molar-refractivity contribution in [3.8, 4) is 5.75 Å². The van der Waals surface area contributed by atoms with E-state index in [0.29, 0.717) is 18.0 Å². The minimum Gasteiger partial charge on any atom is -0.497 e. The Kier molecular flexibility index (Phi) is 5.81. The lowest BCUT2D eigenvalue weighted by Crippen LogP contribution is -2.41. The van der Waals surface area contributed by atoms with Crippen LogP contribution in [0.4, 0.5) is 5.69 Å². The zero-order valence-electron chi connectivity index (χ0n) is 11.2. The van der Waals surface area contributed by atoms with Crippen LogP contribution in [0.25, 0.3) is 0 Å². The lowest BCUT2D eigenvalue weighted by molar-refractivity contribution is -0.133. The van der Waals surface area contributed by atoms with Crippen molar-refractivity contribution in [3.63, 3.8) is 0 Å². The summed E-state index contributed by atoms with van der Waals surface area (Å²) in [5.74, 6) is 0.142. The third-order valence-corrected chi connectivity index (χ3v) is 2.60. The van der Waals surface area contributed by atoms with Gasteiger partial charge in [0.2, 0.25) is 11.8 Å². The summed E-state index contributed by atoms with van der Waals surface area (Å²) in [7, 11) is 1.56. The van der Waals surface area contributed by atoms with Gasteiger partial charge in [0.15, 0.2) is 0 Å². The molecule has 0 heterocycles. The topological polar surface area (TPSA) is 84.7 Å². The first kappa shape index (κ1) is 15.0. The molecule has 19 heavy (non-hydrogen) atoms. The van der Waals surface area contributed by atoms with E-state index >= 15 is 0 Å². The highest BCUT2D eigenvalue weighted by molar-refractivity contribution is 5.94. The van der Waals surface area contributed by atoms with E-state index in [2.05, 4.69) is 5.32 Å². The Labute approximate surface area is 112 Å². The molecule has 0 saturated carbocycles. The minimum atomic E-state index is -0.267. The first-order valence-corrected chi connectivity index (χ1v) is 6.02. The molecule has 1 aromatic rings. The Bertz CT molecular complexity index is 449. The highest BCUT2D eigenvalue weighted by Crippen LogP contribution is 2.16. The molecule has 0 aliphatic carbocycles. The summed E-state index contributed by atoms with van der Waals surface area (Å²) in [6.45, 7) is 2.14. The smallest absolute Gasteiger partial charge is 0.243 e. The van der Waals surface area contributed by atoms with Crippen LogP contribution in [0.15, 0.2) is 24.3 Å². The number of methoxy groups -OCH3 is 1. The normalized spacial score (nSPS) is 9.84. The highest BCUT2D eigenvalue weighted by Gasteiger charge is 2.14. The quantitative estimate of drug-likeness (QED) is 0.781. The van der Waals surface area contributed by atoms with E-state index in [9.17, 15) is 9.59 Å². The second-order valence-electron chi connectivity index (χ2n) is 3.89. The van der Waals surface area contributed by atoms with E-state index in [-0.39, 0.29) is 24.9 Å². The van der Waals surface area contributed by atoms with Gasteiger partial charge in [0.1, 0.15) is 5.75 Å². The fourth-order valence-corrected chi connectivity index (χ4v) is 1.58.